The molecule has 1 aliphatic carbocycles. The Hall–Kier alpha value is -1.85. The monoisotopic (exact) mass is 346 g/mol. The van der Waals surface area contributed by atoms with Crippen molar-refractivity contribution < 1.29 is 4.52 Å². The Morgan fingerprint density at radius 3 is 2.83 bits per heavy atom. The molecule has 1 aliphatic rings. The highest BCUT2D eigenvalue weighted by molar-refractivity contribution is 5.85. The highest BCUT2D eigenvalue weighted by atomic mass is 35.5. The van der Waals surface area contributed by atoms with Crippen molar-refractivity contribution >= 4 is 23.3 Å². The van der Waals surface area contributed by atoms with Gasteiger partial charge < -0.3 is 15.2 Å². The fraction of sp³-hybridized carbons (Fsp3) is 0.444. The van der Waals surface area contributed by atoms with Gasteiger partial charge in [-0.1, -0.05) is 42.6 Å². The summed E-state index contributed by atoms with van der Waals surface area (Å²) in [7, 11) is 0. The van der Waals surface area contributed by atoms with Crippen LogP contribution in [-0.2, 0) is 6.42 Å². The van der Waals surface area contributed by atoms with E-state index in [1.807, 2.05) is 18.3 Å². The molecule has 0 saturated heterocycles. The molecule has 6 heteroatoms. The maximum absolute atomic E-state index is 6.31. The summed E-state index contributed by atoms with van der Waals surface area (Å²) in [6, 6.07) is 7.97. The molecule has 4 rings (SSSR count). The average Bonchev–Trinajstić information content (AvgIpc) is 3.24. The maximum atomic E-state index is 6.31. The summed E-state index contributed by atoms with van der Waals surface area (Å²) in [5.41, 5.74) is 8.62. The van der Waals surface area contributed by atoms with E-state index in [9.17, 15) is 0 Å². The average molecular weight is 347 g/mol. The van der Waals surface area contributed by atoms with Crippen LogP contribution in [0.1, 0.15) is 61.3 Å². The number of rotatable bonds is 4. The van der Waals surface area contributed by atoms with Gasteiger partial charge in [-0.15, -0.1) is 12.4 Å². The number of aromatic amines is 1. The Morgan fingerprint density at radius 1 is 1.21 bits per heavy atom. The summed E-state index contributed by atoms with van der Waals surface area (Å²) in [5.74, 6) is 1.84. The third-order valence-corrected chi connectivity index (χ3v) is 4.86. The summed E-state index contributed by atoms with van der Waals surface area (Å²) < 4.78 is 5.44. The number of halogens is 1. The van der Waals surface area contributed by atoms with Crippen LogP contribution in [0.2, 0.25) is 0 Å². The van der Waals surface area contributed by atoms with Crippen LogP contribution in [0.15, 0.2) is 35.0 Å². The minimum atomic E-state index is -0.265. The van der Waals surface area contributed by atoms with Gasteiger partial charge in [0.1, 0.15) is 0 Å². The molecule has 2 heterocycles. The van der Waals surface area contributed by atoms with Crippen LogP contribution < -0.4 is 5.73 Å². The van der Waals surface area contributed by atoms with E-state index in [1.165, 1.54) is 30.2 Å². The van der Waals surface area contributed by atoms with Crippen molar-refractivity contribution in [2.24, 2.45) is 5.73 Å². The van der Waals surface area contributed by atoms with Crippen molar-refractivity contribution in [2.75, 3.05) is 0 Å². The molecular formula is C18H23ClN4O. The third-order valence-electron chi connectivity index (χ3n) is 4.86. The van der Waals surface area contributed by atoms with Crippen molar-refractivity contribution in [1.29, 1.82) is 0 Å². The zero-order valence-electron chi connectivity index (χ0n) is 13.6. The Kier molecular flexibility index (Phi) is 5.21. The number of nitrogens with zero attached hydrogens (tertiary/aromatic N) is 2. The molecule has 0 spiro atoms. The lowest BCUT2D eigenvalue weighted by Gasteiger charge is -2.17. The SMILES string of the molecule is Cl.N[C@@H](Cc1c[nH]c2ccccc12)c1nc(C2CCCCC2)no1. The first kappa shape index (κ1) is 17.0. The molecule has 1 fully saturated rings. The van der Waals surface area contributed by atoms with Crippen molar-refractivity contribution in [3.05, 3.63) is 47.7 Å². The van der Waals surface area contributed by atoms with Gasteiger partial charge in [-0.25, -0.2) is 0 Å². The molecule has 0 radical (unpaired) electrons. The topological polar surface area (TPSA) is 80.7 Å². The van der Waals surface area contributed by atoms with Crippen LogP contribution in [0, 0.1) is 0 Å². The fourth-order valence-electron chi connectivity index (χ4n) is 3.55. The van der Waals surface area contributed by atoms with Crippen LogP contribution in [0.3, 0.4) is 0 Å². The van der Waals surface area contributed by atoms with Gasteiger partial charge in [0.15, 0.2) is 5.82 Å². The van der Waals surface area contributed by atoms with Crippen molar-refractivity contribution in [2.45, 2.75) is 50.5 Å². The predicted molar refractivity (Wildman–Crippen MR) is 96.3 cm³/mol. The van der Waals surface area contributed by atoms with Gasteiger partial charge in [0.2, 0.25) is 5.89 Å². The number of aromatic nitrogens is 3. The molecule has 3 N–H and O–H groups in total. The molecule has 5 nitrogen and oxygen atoms in total. The Bertz CT molecular complexity index is 791. The van der Waals surface area contributed by atoms with Crippen molar-refractivity contribution in [3.8, 4) is 0 Å². The molecular weight excluding hydrogens is 324 g/mol. The number of nitrogens with two attached hydrogens (primary N) is 1. The van der Waals surface area contributed by atoms with E-state index < -0.39 is 0 Å². The Labute approximate surface area is 147 Å². The molecule has 1 saturated carbocycles. The quantitative estimate of drug-likeness (QED) is 0.739. The minimum Gasteiger partial charge on any atom is -0.361 e. The Morgan fingerprint density at radius 2 is 2.00 bits per heavy atom. The summed E-state index contributed by atoms with van der Waals surface area (Å²) in [6.45, 7) is 0. The van der Waals surface area contributed by atoms with Gasteiger partial charge in [-0.3, -0.25) is 0 Å². The number of hydrogen-bond donors (Lipinski definition) is 2. The second-order valence-electron chi connectivity index (χ2n) is 6.50. The standard InChI is InChI=1S/C18H22N4O.ClH/c19-15(10-13-11-20-16-9-5-4-8-14(13)16)18-21-17(22-23-18)12-6-2-1-3-7-12;/h4-5,8-9,11-12,15,20H,1-3,6-7,10,19H2;1H/t15-;/m0./s1. The van der Waals surface area contributed by atoms with Gasteiger partial charge >= 0.3 is 0 Å². The maximum Gasteiger partial charge on any atom is 0.243 e. The van der Waals surface area contributed by atoms with E-state index in [4.69, 9.17) is 10.3 Å². The Balaban J connectivity index is 0.00000169. The molecule has 0 amide bonds. The number of H-pyrrole nitrogens is 1. The van der Waals surface area contributed by atoms with Gasteiger partial charge in [-0.05, 0) is 30.9 Å². The van der Waals surface area contributed by atoms with Crippen LogP contribution in [0.5, 0.6) is 0 Å². The molecule has 0 unspecified atom stereocenters. The van der Waals surface area contributed by atoms with Crippen LogP contribution in [0.25, 0.3) is 10.9 Å². The lowest BCUT2D eigenvalue weighted by molar-refractivity contribution is 0.341. The molecule has 128 valence electrons. The predicted octanol–water partition coefficient (Wildman–Crippen LogP) is 4.26. The first-order chi connectivity index (χ1) is 11.3. The van der Waals surface area contributed by atoms with Crippen LogP contribution in [-0.4, -0.2) is 15.1 Å². The molecule has 1 atom stereocenters. The first-order valence-corrected chi connectivity index (χ1v) is 8.45. The second kappa shape index (κ2) is 7.36. The molecule has 0 aliphatic heterocycles. The molecule has 2 aromatic heterocycles. The second-order valence-corrected chi connectivity index (χ2v) is 6.50. The molecule has 3 aromatic rings. The molecule has 0 bridgehead atoms. The summed E-state index contributed by atoms with van der Waals surface area (Å²) in [5, 5.41) is 5.38. The molecule has 1 aromatic carbocycles. The highest BCUT2D eigenvalue weighted by Gasteiger charge is 2.23. The number of para-hydroxylation sites is 1. The third kappa shape index (κ3) is 3.32. The lowest BCUT2D eigenvalue weighted by atomic mass is 9.89. The van der Waals surface area contributed by atoms with Crippen LogP contribution in [0.4, 0.5) is 0 Å². The number of hydrogen-bond acceptors (Lipinski definition) is 4. The number of benzene rings is 1. The lowest BCUT2D eigenvalue weighted by Crippen LogP contribution is -2.14. The highest BCUT2D eigenvalue weighted by Crippen LogP contribution is 2.31. The van der Waals surface area contributed by atoms with Gasteiger partial charge in [-0.2, -0.15) is 4.98 Å². The smallest absolute Gasteiger partial charge is 0.243 e. The zero-order valence-corrected chi connectivity index (χ0v) is 14.4. The van der Waals surface area contributed by atoms with Gasteiger partial charge in [0, 0.05) is 23.0 Å². The van der Waals surface area contributed by atoms with E-state index in [2.05, 4.69) is 27.3 Å². The van der Waals surface area contributed by atoms with Crippen LogP contribution >= 0.6 is 12.4 Å². The number of fused-ring (bicyclic) bond motifs is 1. The van der Waals surface area contributed by atoms with E-state index in [0.717, 1.165) is 24.2 Å². The van der Waals surface area contributed by atoms with E-state index in [-0.39, 0.29) is 18.4 Å². The van der Waals surface area contributed by atoms with Gasteiger partial charge in [0.25, 0.3) is 0 Å². The minimum absolute atomic E-state index is 0. The van der Waals surface area contributed by atoms with Crippen molar-refractivity contribution in [3.63, 3.8) is 0 Å². The summed E-state index contributed by atoms with van der Waals surface area (Å²) in [6.07, 6.45) is 8.87. The number of nitrogens with one attached hydrogen (secondary N) is 1. The van der Waals surface area contributed by atoms with Crippen molar-refractivity contribution in [1.82, 2.24) is 15.1 Å². The van der Waals surface area contributed by atoms with E-state index >= 15 is 0 Å². The summed E-state index contributed by atoms with van der Waals surface area (Å²) in [4.78, 5) is 7.86. The summed E-state index contributed by atoms with van der Waals surface area (Å²) >= 11 is 0. The molecule has 24 heavy (non-hydrogen) atoms. The fourth-order valence-corrected chi connectivity index (χ4v) is 3.55. The largest absolute Gasteiger partial charge is 0.361 e. The first-order valence-electron chi connectivity index (χ1n) is 8.45. The van der Waals surface area contributed by atoms with E-state index in [0.29, 0.717) is 18.2 Å². The normalized spacial score (nSPS) is 16.9. The van der Waals surface area contributed by atoms with E-state index in [1.54, 1.807) is 0 Å². The van der Waals surface area contributed by atoms with Gasteiger partial charge in [0.05, 0.1) is 6.04 Å². The zero-order chi connectivity index (χ0) is 15.6.